The van der Waals surface area contributed by atoms with Crippen LogP contribution < -0.4 is 0 Å². The molecule has 7 heteroatoms. The zero-order valence-electron chi connectivity index (χ0n) is 12.8. The van der Waals surface area contributed by atoms with Gasteiger partial charge in [0.2, 0.25) is 11.7 Å². The maximum absolute atomic E-state index is 10.8. The van der Waals surface area contributed by atoms with Crippen molar-refractivity contribution in [2.45, 2.75) is 12.2 Å². The average molecular weight is 341 g/mol. The summed E-state index contributed by atoms with van der Waals surface area (Å²) in [7, 11) is 0. The third kappa shape index (κ3) is 4.20. The summed E-state index contributed by atoms with van der Waals surface area (Å²) in [6, 6.07) is 16.5. The van der Waals surface area contributed by atoms with E-state index in [9.17, 15) is 10.1 Å². The predicted octanol–water partition coefficient (Wildman–Crippen LogP) is 4.12. The van der Waals surface area contributed by atoms with Gasteiger partial charge in [-0.3, -0.25) is 10.1 Å². The Morgan fingerprint density at radius 1 is 1.12 bits per heavy atom. The summed E-state index contributed by atoms with van der Waals surface area (Å²) in [5, 5.41) is 14.7. The van der Waals surface area contributed by atoms with Gasteiger partial charge in [-0.2, -0.15) is 16.7 Å². The summed E-state index contributed by atoms with van der Waals surface area (Å²) in [5.41, 5.74) is 1.87. The molecule has 3 rings (SSSR count). The summed E-state index contributed by atoms with van der Waals surface area (Å²) in [6.07, 6.45) is 0.666. The van der Waals surface area contributed by atoms with Crippen LogP contribution in [0.4, 0.5) is 5.69 Å². The smallest absolute Gasteiger partial charge is 0.270 e. The van der Waals surface area contributed by atoms with Crippen LogP contribution in [0.2, 0.25) is 0 Å². The Kier molecular flexibility index (Phi) is 5.22. The first-order valence-corrected chi connectivity index (χ1v) is 8.57. The van der Waals surface area contributed by atoms with Gasteiger partial charge in [-0.15, -0.1) is 0 Å². The molecule has 0 aliphatic carbocycles. The van der Waals surface area contributed by atoms with Crippen LogP contribution in [0.15, 0.2) is 59.1 Å². The molecule has 6 nitrogen and oxygen atoms in total. The lowest BCUT2D eigenvalue weighted by atomic mass is 10.2. The van der Waals surface area contributed by atoms with Gasteiger partial charge in [0.25, 0.3) is 5.69 Å². The molecule has 0 aliphatic rings. The summed E-state index contributed by atoms with van der Waals surface area (Å²) < 4.78 is 5.23. The van der Waals surface area contributed by atoms with Crippen LogP contribution in [-0.2, 0) is 12.2 Å². The van der Waals surface area contributed by atoms with Gasteiger partial charge in [-0.05, 0) is 5.56 Å². The molecule has 0 radical (unpaired) electrons. The topological polar surface area (TPSA) is 82.1 Å². The largest absolute Gasteiger partial charge is 0.339 e. The van der Waals surface area contributed by atoms with Crippen molar-refractivity contribution in [3.8, 4) is 11.4 Å². The van der Waals surface area contributed by atoms with Crippen LogP contribution in [0, 0.1) is 10.1 Å². The highest BCUT2D eigenvalue weighted by Crippen LogP contribution is 2.22. The molecule has 0 spiro atoms. The van der Waals surface area contributed by atoms with Crippen molar-refractivity contribution < 1.29 is 9.45 Å². The summed E-state index contributed by atoms with van der Waals surface area (Å²) >= 11 is 1.80. The minimum absolute atomic E-state index is 0.0114. The maximum atomic E-state index is 10.8. The number of hydrogen-bond acceptors (Lipinski definition) is 6. The quantitative estimate of drug-likeness (QED) is 0.365. The number of hydrogen-bond donors (Lipinski definition) is 0. The Morgan fingerprint density at radius 2 is 1.96 bits per heavy atom. The number of rotatable bonds is 7. The van der Waals surface area contributed by atoms with Gasteiger partial charge in [-0.25, -0.2) is 0 Å². The summed E-state index contributed by atoms with van der Waals surface area (Å²) in [6.45, 7) is 0. The van der Waals surface area contributed by atoms with Gasteiger partial charge in [0.15, 0.2) is 0 Å². The molecule has 1 aromatic heterocycles. The van der Waals surface area contributed by atoms with Crippen molar-refractivity contribution in [2.24, 2.45) is 0 Å². The molecule has 3 aromatic rings. The monoisotopic (exact) mass is 341 g/mol. The lowest BCUT2D eigenvalue weighted by molar-refractivity contribution is -0.384. The first-order valence-electron chi connectivity index (χ1n) is 7.41. The fourth-order valence-electron chi connectivity index (χ4n) is 2.16. The fourth-order valence-corrected chi connectivity index (χ4v) is 3.05. The SMILES string of the molecule is O=[N+]([O-])c1cccc(-c2noc(CCSCc3ccccc3)n2)c1. The highest BCUT2D eigenvalue weighted by molar-refractivity contribution is 7.98. The number of thioether (sulfide) groups is 1. The standard InChI is InChI=1S/C17H15N3O3S/c21-20(22)15-8-4-7-14(11-15)17-18-16(23-19-17)9-10-24-12-13-5-2-1-3-6-13/h1-8,11H,9-10,12H2. The molecule has 0 saturated heterocycles. The molecule has 0 bridgehead atoms. The third-order valence-electron chi connectivity index (χ3n) is 3.36. The van der Waals surface area contributed by atoms with Crippen LogP contribution in [-0.4, -0.2) is 20.8 Å². The molecular formula is C17H15N3O3S. The molecule has 0 atom stereocenters. The number of nitro groups is 1. The van der Waals surface area contributed by atoms with E-state index in [-0.39, 0.29) is 5.69 Å². The van der Waals surface area contributed by atoms with E-state index in [1.165, 1.54) is 17.7 Å². The Morgan fingerprint density at radius 3 is 2.75 bits per heavy atom. The van der Waals surface area contributed by atoms with Gasteiger partial charge in [0.1, 0.15) is 0 Å². The van der Waals surface area contributed by atoms with Crippen LogP contribution >= 0.6 is 11.8 Å². The third-order valence-corrected chi connectivity index (χ3v) is 4.39. The van der Waals surface area contributed by atoms with Crippen molar-refractivity contribution in [3.05, 3.63) is 76.2 Å². The number of non-ortho nitro benzene ring substituents is 1. The first-order chi connectivity index (χ1) is 11.7. The molecule has 0 amide bonds. The van der Waals surface area contributed by atoms with E-state index in [0.29, 0.717) is 23.7 Å². The molecule has 0 saturated carbocycles. The maximum Gasteiger partial charge on any atom is 0.270 e. The van der Waals surface area contributed by atoms with Gasteiger partial charge >= 0.3 is 0 Å². The number of aromatic nitrogens is 2. The Bertz CT molecular complexity index is 821. The molecule has 122 valence electrons. The zero-order valence-corrected chi connectivity index (χ0v) is 13.6. The Labute approximate surface area is 143 Å². The average Bonchev–Trinajstić information content (AvgIpc) is 3.09. The molecule has 0 unspecified atom stereocenters. The molecular weight excluding hydrogens is 326 g/mol. The lowest BCUT2D eigenvalue weighted by Crippen LogP contribution is -1.91. The van der Waals surface area contributed by atoms with Crippen molar-refractivity contribution in [1.29, 1.82) is 0 Å². The first kappa shape index (κ1) is 16.2. The number of nitrogens with zero attached hydrogens (tertiary/aromatic N) is 3. The van der Waals surface area contributed by atoms with Crippen molar-refractivity contribution in [3.63, 3.8) is 0 Å². The van der Waals surface area contributed by atoms with E-state index in [1.807, 2.05) is 18.2 Å². The van der Waals surface area contributed by atoms with E-state index in [1.54, 1.807) is 23.9 Å². The summed E-state index contributed by atoms with van der Waals surface area (Å²) in [5.74, 6) is 2.72. The molecule has 1 heterocycles. The van der Waals surface area contributed by atoms with Crippen LogP contribution in [0.25, 0.3) is 11.4 Å². The molecule has 0 aliphatic heterocycles. The minimum Gasteiger partial charge on any atom is -0.339 e. The number of aryl methyl sites for hydroxylation is 1. The zero-order chi connectivity index (χ0) is 16.8. The minimum atomic E-state index is -0.440. The van der Waals surface area contributed by atoms with Crippen LogP contribution in [0.5, 0.6) is 0 Å². The van der Waals surface area contributed by atoms with Crippen molar-refractivity contribution in [1.82, 2.24) is 10.1 Å². The van der Waals surface area contributed by atoms with Crippen molar-refractivity contribution >= 4 is 17.4 Å². The highest BCUT2D eigenvalue weighted by atomic mass is 32.2. The lowest BCUT2D eigenvalue weighted by Gasteiger charge is -1.99. The van der Waals surface area contributed by atoms with Gasteiger partial charge in [0.05, 0.1) is 4.92 Å². The van der Waals surface area contributed by atoms with Gasteiger partial charge < -0.3 is 4.52 Å². The fraction of sp³-hybridized carbons (Fsp3) is 0.176. The predicted molar refractivity (Wildman–Crippen MR) is 92.7 cm³/mol. The molecule has 0 fully saturated rings. The normalized spacial score (nSPS) is 10.7. The molecule has 2 aromatic carbocycles. The second kappa shape index (κ2) is 7.74. The van der Waals surface area contributed by atoms with E-state index in [2.05, 4.69) is 22.3 Å². The van der Waals surface area contributed by atoms with E-state index in [4.69, 9.17) is 4.52 Å². The van der Waals surface area contributed by atoms with Crippen LogP contribution in [0.1, 0.15) is 11.5 Å². The van der Waals surface area contributed by atoms with E-state index < -0.39 is 4.92 Å². The molecule has 0 N–H and O–H groups in total. The Balaban J connectivity index is 1.56. The highest BCUT2D eigenvalue weighted by Gasteiger charge is 2.12. The van der Waals surface area contributed by atoms with Gasteiger partial charge in [-0.1, -0.05) is 47.6 Å². The van der Waals surface area contributed by atoms with Crippen LogP contribution in [0.3, 0.4) is 0 Å². The second-order valence-electron chi connectivity index (χ2n) is 5.11. The summed E-state index contributed by atoms with van der Waals surface area (Å²) in [4.78, 5) is 14.7. The number of benzene rings is 2. The van der Waals surface area contributed by atoms with Crippen molar-refractivity contribution in [2.75, 3.05) is 5.75 Å². The number of nitro benzene ring substituents is 1. The molecule has 24 heavy (non-hydrogen) atoms. The van der Waals surface area contributed by atoms with E-state index in [0.717, 1.165) is 11.5 Å². The van der Waals surface area contributed by atoms with E-state index >= 15 is 0 Å². The van der Waals surface area contributed by atoms with Gasteiger partial charge in [0, 0.05) is 35.6 Å². The Hall–Kier alpha value is -2.67. The second-order valence-corrected chi connectivity index (χ2v) is 6.21.